The number of nitrogens with zero attached hydrogens (tertiary/aromatic N) is 1. The maximum Gasteiger partial charge on any atom is 0.348 e. The summed E-state index contributed by atoms with van der Waals surface area (Å²) in [5.41, 5.74) is -1.99. The number of aliphatic hydroxyl groups is 1. The van der Waals surface area contributed by atoms with Crippen molar-refractivity contribution in [3.8, 4) is 0 Å². The first-order valence-electron chi connectivity index (χ1n) is 14.6. The Balaban J connectivity index is 1.87. The highest BCUT2D eigenvalue weighted by Crippen LogP contribution is 2.63. The first-order valence-corrected chi connectivity index (χ1v) is 14.6. The average molecular weight is 596 g/mol. The minimum Gasteiger partial charge on any atom is -0.458 e. The summed E-state index contributed by atoms with van der Waals surface area (Å²) in [6, 6.07) is 3.18. The third-order valence-electron chi connectivity index (χ3n) is 9.55. The lowest BCUT2D eigenvalue weighted by atomic mass is 9.44. The van der Waals surface area contributed by atoms with Crippen LogP contribution in [0.4, 0.5) is 0 Å². The number of allylic oxidation sites excluding steroid dienone is 1. The van der Waals surface area contributed by atoms with Crippen LogP contribution in [0.15, 0.2) is 60.0 Å². The Morgan fingerprint density at radius 1 is 1.16 bits per heavy atom. The molecule has 10 nitrogen and oxygen atoms in total. The van der Waals surface area contributed by atoms with Crippen LogP contribution in [0.25, 0.3) is 0 Å². The van der Waals surface area contributed by atoms with Crippen molar-refractivity contribution in [3.05, 3.63) is 65.5 Å². The molecule has 2 aliphatic carbocycles. The minimum absolute atomic E-state index is 0.108. The van der Waals surface area contributed by atoms with E-state index in [0.29, 0.717) is 12.0 Å². The molecular weight excluding hydrogens is 554 g/mol. The summed E-state index contributed by atoms with van der Waals surface area (Å²) in [4.78, 5) is 54.8. The molecule has 1 aliphatic heterocycles. The SMILES string of the molecule is CC(=O)O[C@@H](C(=O)O[C@H]1[C@H](OC(=O)c2cccnc2)[C@@]2(C)C(C)=CCC[C@@H]2[C@@](C)(/C=C/C2=CC(=O)OC2)[C@@]1(C)O)C(C)C. The van der Waals surface area contributed by atoms with Crippen molar-refractivity contribution in [2.75, 3.05) is 6.61 Å². The zero-order valence-electron chi connectivity index (χ0n) is 25.8. The van der Waals surface area contributed by atoms with Crippen LogP contribution in [0.5, 0.6) is 0 Å². The van der Waals surface area contributed by atoms with E-state index in [9.17, 15) is 24.3 Å². The molecule has 0 saturated heterocycles. The van der Waals surface area contributed by atoms with Crippen molar-refractivity contribution < 1.29 is 43.2 Å². The van der Waals surface area contributed by atoms with Gasteiger partial charge in [-0.2, -0.15) is 0 Å². The van der Waals surface area contributed by atoms with Gasteiger partial charge in [0.15, 0.2) is 12.2 Å². The number of esters is 4. The number of pyridine rings is 1. The molecule has 0 bridgehead atoms. The van der Waals surface area contributed by atoms with Crippen LogP contribution in [0.2, 0.25) is 0 Å². The van der Waals surface area contributed by atoms with Crippen LogP contribution in [0.3, 0.4) is 0 Å². The highest BCUT2D eigenvalue weighted by Gasteiger charge is 2.69. The maximum absolute atomic E-state index is 13.7. The fourth-order valence-electron chi connectivity index (χ4n) is 6.78. The van der Waals surface area contributed by atoms with E-state index in [2.05, 4.69) is 11.1 Å². The van der Waals surface area contributed by atoms with Crippen molar-refractivity contribution in [2.45, 2.75) is 85.2 Å². The molecule has 10 heteroatoms. The third kappa shape index (κ3) is 5.89. The number of carbonyl (C=O) groups excluding carboxylic acids is 4. The van der Waals surface area contributed by atoms with E-state index in [1.807, 2.05) is 26.8 Å². The third-order valence-corrected chi connectivity index (χ3v) is 9.55. The van der Waals surface area contributed by atoms with Crippen molar-refractivity contribution in [1.29, 1.82) is 0 Å². The van der Waals surface area contributed by atoms with E-state index in [1.165, 1.54) is 25.4 Å². The highest BCUT2D eigenvalue weighted by molar-refractivity contribution is 5.89. The van der Waals surface area contributed by atoms with Gasteiger partial charge in [0.1, 0.15) is 12.2 Å². The Morgan fingerprint density at radius 3 is 2.47 bits per heavy atom. The van der Waals surface area contributed by atoms with Gasteiger partial charge in [0, 0.05) is 42.1 Å². The molecule has 1 aromatic heterocycles. The number of fused-ring (bicyclic) bond motifs is 1. The molecule has 0 radical (unpaired) electrons. The van der Waals surface area contributed by atoms with Crippen molar-refractivity contribution >= 4 is 23.9 Å². The highest BCUT2D eigenvalue weighted by atomic mass is 16.6. The molecule has 1 saturated carbocycles. The van der Waals surface area contributed by atoms with Crippen molar-refractivity contribution in [1.82, 2.24) is 4.98 Å². The standard InChI is InChI=1S/C33H41NO9/c1-19(2)26(41-21(4)35)30(38)43-28-27(42-29(37)23-11-9-15-34-17-23)32(6)20(3)10-8-12-24(32)31(5,33(28,7)39)14-13-22-16-25(36)40-18-22/h9-11,13-17,19,24,26-28,39H,8,12,18H2,1-7H3/b14-13+/t24-,26-,27+,28+,31-,32+,33+/m1/s1. The van der Waals surface area contributed by atoms with Gasteiger partial charge < -0.3 is 24.1 Å². The largest absolute Gasteiger partial charge is 0.458 e. The number of rotatable bonds is 8. The summed E-state index contributed by atoms with van der Waals surface area (Å²) in [6.45, 7) is 12.1. The van der Waals surface area contributed by atoms with Crippen LogP contribution in [0, 0.1) is 22.7 Å². The van der Waals surface area contributed by atoms with Crippen LogP contribution in [-0.4, -0.2) is 64.5 Å². The summed E-state index contributed by atoms with van der Waals surface area (Å²) in [7, 11) is 0. The van der Waals surface area contributed by atoms with Crippen molar-refractivity contribution in [2.24, 2.45) is 22.7 Å². The molecular formula is C33H41NO9. The Kier molecular flexibility index (Phi) is 9.02. The number of cyclic esters (lactones) is 1. The number of aromatic nitrogens is 1. The maximum atomic E-state index is 13.7. The number of ether oxygens (including phenoxy) is 4. The topological polar surface area (TPSA) is 138 Å². The van der Waals surface area contributed by atoms with Crippen molar-refractivity contribution in [3.63, 3.8) is 0 Å². The Bertz CT molecular complexity index is 1360. The van der Waals surface area contributed by atoms with Gasteiger partial charge in [0.2, 0.25) is 6.10 Å². The molecule has 0 amide bonds. The fourth-order valence-corrected chi connectivity index (χ4v) is 6.78. The molecule has 0 unspecified atom stereocenters. The van der Waals surface area contributed by atoms with Gasteiger partial charge in [0.25, 0.3) is 0 Å². The molecule has 232 valence electrons. The zero-order chi connectivity index (χ0) is 31.7. The summed E-state index contributed by atoms with van der Waals surface area (Å²) < 4.78 is 22.7. The first-order chi connectivity index (χ1) is 20.1. The number of carbonyl (C=O) groups is 4. The van der Waals surface area contributed by atoms with E-state index in [4.69, 9.17) is 18.9 Å². The Labute approximate surface area is 252 Å². The smallest absolute Gasteiger partial charge is 0.348 e. The molecule has 43 heavy (non-hydrogen) atoms. The van der Waals surface area contributed by atoms with Crippen LogP contribution < -0.4 is 0 Å². The lowest BCUT2D eigenvalue weighted by molar-refractivity contribution is -0.263. The van der Waals surface area contributed by atoms with E-state index < -0.39 is 64.5 Å². The second kappa shape index (κ2) is 12.1. The molecule has 3 aliphatic rings. The van der Waals surface area contributed by atoms with Crippen LogP contribution in [0.1, 0.15) is 71.7 Å². The van der Waals surface area contributed by atoms with E-state index in [1.54, 1.807) is 39.0 Å². The van der Waals surface area contributed by atoms with E-state index in [-0.39, 0.29) is 18.1 Å². The second-order valence-electron chi connectivity index (χ2n) is 12.6. The summed E-state index contributed by atoms with van der Waals surface area (Å²) in [5, 5.41) is 12.5. The fraction of sp³-hybridized carbons (Fsp3) is 0.545. The number of hydrogen-bond donors (Lipinski definition) is 1. The van der Waals surface area contributed by atoms with Gasteiger partial charge in [-0.15, -0.1) is 0 Å². The molecule has 0 aromatic carbocycles. The number of hydrogen-bond acceptors (Lipinski definition) is 10. The van der Waals surface area contributed by atoms with Gasteiger partial charge in [-0.25, -0.2) is 14.4 Å². The Morgan fingerprint density at radius 2 is 1.88 bits per heavy atom. The van der Waals surface area contributed by atoms with E-state index >= 15 is 0 Å². The predicted molar refractivity (Wildman–Crippen MR) is 155 cm³/mol. The summed E-state index contributed by atoms with van der Waals surface area (Å²) in [5.74, 6) is -3.36. The van der Waals surface area contributed by atoms with E-state index in [0.717, 1.165) is 12.0 Å². The summed E-state index contributed by atoms with van der Waals surface area (Å²) >= 11 is 0. The van der Waals surface area contributed by atoms with Gasteiger partial charge in [-0.05, 0) is 50.3 Å². The van der Waals surface area contributed by atoms with Gasteiger partial charge in [0.05, 0.1) is 5.56 Å². The molecule has 4 rings (SSSR count). The van der Waals surface area contributed by atoms with Crippen LogP contribution >= 0.6 is 0 Å². The lowest BCUT2D eigenvalue weighted by Crippen LogP contribution is -2.72. The average Bonchev–Trinajstić information content (AvgIpc) is 3.37. The normalized spacial score (nSPS) is 32.8. The quantitative estimate of drug-likeness (QED) is 0.263. The molecule has 7 atom stereocenters. The zero-order valence-corrected chi connectivity index (χ0v) is 25.8. The Hall–Kier alpha value is -3.79. The van der Waals surface area contributed by atoms with Gasteiger partial charge in [-0.1, -0.05) is 51.5 Å². The monoisotopic (exact) mass is 595 g/mol. The molecule has 1 N–H and O–H groups in total. The minimum atomic E-state index is -1.80. The lowest BCUT2D eigenvalue weighted by Gasteiger charge is -2.64. The van der Waals surface area contributed by atoms with Crippen LogP contribution in [-0.2, 0) is 33.3 Å². The molecule has 2 heterocycles. The second-order valence-corrected chi connectivity index (χ2v) is 12.6. The molecule has 0 spiro atoms. The van der Waals surface area contributed by atoms with Gasteiger partial charge >= 0.3 is 23.9 Å². The predicted octanol–water partition coefficient (Wildman–Crippen LogP) is 4.28. The molecule has 1 aromatic rings. The van der Waals surface area contributed by atoms with Gasteiger partial charge in [-0.3, -0.25) is 9.78 Å². The molecule has 1 fully saturated rings. The first kappa shape index (κ1) is 32.1. The summed E-state index contributed by atoms with van der Waals surface area (Å²) in [6.07, 6.45) is 7.60.